The van der Waals surface area contributed by atoms with Crippen molar-refractivity contribution in [2.75, 3.05) is 6.61 Å². The molecule has 0 bridgehead atoms. The Balaban J connectivity index is 1.86. The van der Waals surface area contributed by atoms with Gasteiger partial charge in [-0.2, -0.15) is 0 Å². The van der Waals surface area contributed by atoms with Gasteiger partial charge in [-0.15, -0.1) is 0 Å². The van der Waals surface area contributed by atoms with Gasteiger partial charge in [0.25, 0.3) is 0 Å². The molecule has 0 saturated carbocycles. The molecule has 1 aromatic carbocycles. The van der Waals surface area contributed by atoms with E-state index in [2.05, 4.69) is 9.97 Å². The highest BCUT2D eigenvalue weighted by atomic mass is 16.3. The molecule has 0 aliphatic heterocycles. The van der Waals surface area contributed by atoms with Crippen LogP contribution >= 0.6 is 0 Å². The summed E-state index contributed by atoms with van der Waals surface area (Å²) in [6.07, 6.45) is 4.46. The van der Waals surface area contributed by atoms with E-state index in [4.69, 9.17) is 5.11 Å². The van der Waals surface area contributed by atoms with Crippen molar-refractivity contribution >= 4 is 0 Å². The molecule has 0 fully saturated rings. The number of pyridine rings is 1. The summed E-state index contributed by atoms with van der Waals surface area (Å²) in [5, 5.41) is 18.6. The molecule has 0 aliphatic carbocycles. The molecule has 3 aromatic rings. The molecule has 112 valence electrons. The number of imidazole rings is 1. The number of rotatable bonds is 5. The van der Waals surface area contributed by atoms with Crippen molar-refractivity contribution in [3.63, 3.8) is 0 Å². The largest absolute Gasteiger partial charge is 0.394 e. The summed E-state index contributed by atoms with van der Waals surface area (Å²) in [6.45, 7) is 0.0457. The van der Waals surface area contributed by atoms with Gasteiger partial charge < -0.3 is 14.8 Å². The summed E-state index contributed by atoms with van der Waals surface area (Å²) < 4.78 is 1.83. The molecule has 1 unspecified atom stereocenters. The minimum atomic E-state index is -0.791. The number of hydrogen-bond acceptors (Lipinski definition) is 4. The predicted octanol–water partition coefficient (Wildman–Crippen LogP) is 1.97. The van der Waals surface area contributed by atoms with Gasteiger partial charge in [0.2, 0.25) is 0 Å². The van der Waals surface area contributed by atoms with Gasteiger partial charge in [-0.25, -0.2) is 4.98 Å². The number of nitrogens with zero attached hydrogens (tertiary/aromatic N) is 3. The van der Waals surface area contributed by atoms with Gasteiger partial charge >= 0.3 is 0 Å². The van der Waals surface area contributed by atoms with Crippen LogP contribution in [-0.2, 0) is 6.54 Å². The van der Waals surface area contributed by atoms with Crippen LogP contribution in [0.5, 0.6) is 0 Å². The van der Waals surface area contributed by atoms with Crippen LogP contribution in [0.25, 0.3) is 22.6 Å². The lowest BCUT2D eigenvalue weighted by molar-refractivity contribution is 0.0816. The second kappa shape index (κ2) is 6.51. The van der Waals surface area contributed by atoms with Crippen molar-refractivity contribution in [3.05, 3.63) is 61.1 Å². The van der Waals surface area contributed by atoms with E-state index in [9.17, 15) is 5.11 Å². The lowest BCUT2D eigenvalue weighted by Gasteiger charge is -2.11. The van der Waals surface area contributed by atoms with Crippen molar-refractivity contribution in [1.29, 1.82) is 0 Å². The van der Waals surface area contributed by atoms with Gasteiger partial charge in [0.1, 0.15) is 5.82 Å². The van der Waals surface area contributed by atoms with E-state index in [1.54, 1.807) is 18.6 Å². The summed E-state index contributed by atoms with van der Waals surface area (Å²) in [5.74, 6) is 0.764. The Labute approximate surface area is 128 Å². The highest BCUT2D eigenvalue weighted by Gasteiger charge is 2.10. The maximum Gasteiger partial charge on any atom is 0.139 e. The van der Waals surface area contributed by atoms with Crippen LogP contribution in [0.4, 0.5) is 0 Å². The van der Waals surface area contributed by atoms with Crippen molar-refractivity contribution in [2.24, 2.45) is 0 Å². The zero-order valence-corrected chi connectivity index (χ0v) is 12.0. The molecule has 5 heteroatoms. The highest BCUT2D eigenvalue weighted by molar-refractivity contribution is 5.65. The third kappa shape index (κ3) is 3.05. The van der Waals surface area contributed by atoms with Crippen LogP contribution in [0.1, 0.15) is 0 Å². The van der Waals surface area contributed by atoms with Crippen LogP contribution in [0.3, 0.4) is 0 Å². The maximum absolute atomic E-state index is 9.59. The van der Waals surface area contributed by atoms with Gasteiger partial charge in [-0.3, -0.25) is 4.98 Å². The summed E-state index contributed by atoms with van der Waals surface area (Å²) >= 11 is 0. The Morgan fingerprint density at radius 2 is 1.73 bits per heavy atom. The minimum absolute atomic E-state index is 0.268. The number of aromatic nitrogens is 3. The van der Waals surface area contributed by atoms with Gasteiger partial charge in [-0.05, 0) is 12.1 Å². The first-order valence-electron chi connectivity index (χ1n) is 7.10. The van der Waals surface area contributed by atoms with Crippen LogP contribution in [0, 0.1) is 0 Å². The average Bonchev–Trinajstić information content (AvgIpc) is 3.04. The molecule has 22 heavy (non-hydrogen) atoms. The molecule has 5 nitrogen and oxygen atoms in total. The minimum Gasteiger partial charge on any atom is -0.394 e. The maximum atomic E-state index is 9.59. The van der Waals surface area contributed by atoms with E-state index in [0.717, 1.165) is 22.6 Å². The average molecular weight is 295 g/mol. The van der Waals surface area contributed by atoms with E-state index in [1.807, 2.05) is 47.0 Å². The summed E-state index contributed by atoms with van der Waals surface area (Å²) in [4.78, 5) is 8.66. The van der Waals surface area contributed by atoms with Gasteiger partial charge in [-0.1, -0.05) is 30.3 Å². The molecule has 1 atom stereocenters. The summed E-state index contributed by atoms with van der Waals surface area (Å²) in [6, 6.07) is 13.8. The Morgan fingerprint density at radius 3 is 2.41 bits per heavy atom. The van der Waals surface area contributed by atoms with E-state index < -0.39 is 6.10 Å². The summed E-state index contributed by atoms with van der Waals surface area (Å²) in [7, 11) is 0. The van der Waals surface area contributed by atoms with E-state index >= 15 is 0 Å². The molecular weight excluding hydrogens is 278 g/mol. The predicted molar refractivity (Wildman–Crippen MR) is 84.0 cm³/mol. The van der Waals surface area contributed by atoms with Gasteiger partial charge in [0.15, 0.2) is 0 Å². The van der Waals surface area contributed by atoms with Crippen molar-refractivity contribution < 1.29 is 10.2 Å². The Bertz CT molecular complexity index is 723. The summed E-state index contributed by atoms with van der Waals surface area (Å²) in [5.41, 5.74) is 2.92. The Hall–Kier alpha value is -2.50. The molecular formula is C17H17N3O2. The van der Waals surface area contributed by atoms with Crippen molar-refractivity contribution in [1.82, 2.24) is 14.5 Å². The molecule has 0 amide bonds. The van der Waals surface area contributed by atoms with Gasteiger partial charge in [0.05, 0.1) is 24.9 Å². The highest BCUT2D eigenvalue weighted by Crippen LogP contribution is 2.22. The molecule has 0 spiro atoms. The first kappa shape index (κ1) is 14.4. The SMILES string of the molecule is OCC(O)Cn1ccnc1-c1ccc(-c2ccccn2)cc1. The first-order chi connectivity index (χ1) is 10.8. The van der Waals surface area contributed by atoms with Gasteiger partial charge in [0, 0.05) is 29.7 Å². The number of hydrogen-bond donors (Lipinski definition) is 2. The zero-order valence-electron chi connectivity index (χ0n) is 12.0. The van der Waals surface area contributed by atoms with Crippen LogP contribution in [-0.4, -0.2) is 37.5 Å². The second-order valence-corrected chi connectivity index (χ2v) is 5.03. The Kier molecular flexibility index (Phi) is 4.27. The van der Waals surface area contributed by atoms with Crippen molar-refractivity contribution in [2.45, 2.75) is 12.6 Å². The fourth-order valence-electron chi connectivity index (χ4n) is 2.33. The van der Waals surface area contributed by atoms with Crippen LogP contribution in [0.15, 0.2) is 61.1 Å². The van der Waals surface area contributed by atoms with Crippen LogP contribution in [0.2, 0.25) is 0 Å². The lowest BCUT2D eigenvalue weighted by atomic mass is 10.1. The second-order valence-electron chi connectivity index (χ2n) is 5.03. The fraction of sp³-hybridized carbons (Fsp3) is 0.176. The molecule has 3 rings (SSSR count). The van der Waals surface area contributed by atoms with E-state index in [1.165, 1.54) is 0 Å². The number of aliphatic hydroxyl groups is 2. The molecule has 0 radical (unpaired) electrons. The fourth-order valence-corrected chi connectivity index (χ4v) is 2.33. The topological polar surface area (TPSA) is 71.2 Å². The lowest BCUT2D eigenvalue weighted by Crippen LogP contribution is -2.19. The van der Waals surface area contributed by atoms with Crippen molar-refractivity contribution in [3.8, 4) is 22.6 Å². The standard InChI is InChI=1S/C17H17N3O2/c21-12-15(22)11-20-10-9-19-17(20)14-6-4-13(5-7-14)16-3-1-2-8-18-16/h1-10,15,21-22H,11-12H2. The number of aliphatic hydroxyl groups excluding tert-OH is 2. The smallest absolute Gasteiger partial charge is 0.139 e. The third-order valence-electron chi connectivity index (χ3n) is 3.44. The number of benzene rings is 1. The molecule has 2 aromatic heterocycles. The zero-order chi connectivity index (χ0) is 15.4. The van der Waals surface area contributed by atoms with E-state index in [0.29, 0.717) is 6.54 Å². The third-order valence-corrected chi connectivity index (χ3v) is 3.44. The molecule has 0 saturated heterocycles. The van der Waals surface area contributed by atoms with Crippen LogP contribution < -0.4 is 0 Å². The Morgan fingerprint density at radius 1 is 0.955 bits per heavy atom. The quantitative estimate of drug-likeness (QED) is 0.755. The van der Waals surface area contributed by atoms with E-state index in [-0.39, 0.29) is 6.61 Å². The molecule has 2 N–H and O–H groups in total. The molecule has 0 aliphatic rings. The monoisotopic (exact) mass is 295 g/mol. The normalized spacial score (nSPS) is 12.3. The first-order valence-corrected chi connectivity index (χ1v) is 7.10. The molecule has 2 heterocycles.